The quantitative estimate of drug-likeness (QED) is 0.474. The Morgan fingerprint density at radius 1 is 1.24 bits per heavy atom. The van der Waals surface area contributed by atoms with Gasteiger partial charge in [0.2, 0.25) is 17.6 Å². The molecule has 0 radical (unpaired) electrons. The van der Waals surface area contributed by atoms with Crippen molar-refractivity contribution < 1.29 is 18.8 Å². The van der Waals surface area contributed by atoms with Crippen molar-refractivity contribution >= 4 is 5.91 Å². The first-order valence-corrected chi connectivity index (χ1v) is 12.3. The monoisotopic (exact) mass is 473 g/mol. The summed E-state index contributed by atoms with van der Waals surface area (Å²) >= 11 is 0. The average molecular weight is 474 g/mol. The Labute approximate surface area is 202 Å². The fourth-order valence-corrected chi connectivity index (χ4v) is 4.31. The molecule has 0 bridgehead atoms. The highest BCUT2D eigenvalue weighted by atomic mass is 16.5. The SMILES string of the molecule is CCCCN(CC)CCNC(=O)C1CCCN(Cc2nc(-c3ccc(OC)c(OC)c3)no2)C1. The van der Waals surface area contributed by atoms with Crippen LogP contribution in [0.15, 0.2) is 22.7 Å². The van der Waals surface area contributed by atoms with Crippen LogP contribution < -0.4 is 14.8 Å². The minimum atomic E-state index is -0.00675. The van der Waals surface area contributed by atoms with E-state index in [0.717, 1.165) is 44.6 Å². The van der Waals surface area contributed by atoms with Crippen LogP contribution in [0.1, 0.15) is 45.4 Å². The van der Waals surface area contributed by atoms with Crippen molar-refractivity contribution in [2.24, 2.45) is 5.92 Å². The number of likely N-dealkylation sites (N-methyl/N-ethyl adjacent to an activating group) is 1. The van der Waals surface area contributed by atoms with E-state index in [9.17, 15) is 4.79 Å². The van der Waals surface area contributed by atoms with Gasteiger partial charge in [-0.1, -0.05) is 25.4 Å². The lowest BCUT2D eigenvalue weighted by Gasteiger charge is -2.31. The molecule has 1 saturated heterocycles. The number of hydrogen-bond donors (Lipinski definition) is 1. The molecule has 1 aliphatic heterocycles. The number of benzene rings is 1. The molecule has 0 spiro atoms. The molecule has 3 rings (SSSR count). The van der Waals surface area contributed by atoms with E-state index in [1.165, 1.54) is 12.8 Å². The smallest absolute Gasteiger partial charge is 0.241 e. The van der Waals surface area contributed by atoms with Gasteiger partial charge in [-0.05, 0) is 57.1 Å². The molecule has 0 saturated carbocycles. The molecule has 0 aliphatic carbocycles. The molecule has 1 aliphatic rings. The number of nitrogens with one attached hydrogen (secondary N) is 1. The zero-order valence-corrected chi connectivity index (χ0v) is 21.0. The van der Waals surface area contributed by atoms with Gasteiger partial charge >= 0.3 is 0 Å². The van der Waals surface area contributed by atoms with Crippen molar-refractivity contribution in [1.29, 1.82) is 0 Å². The van der Waals surface area contributed by atoms with E-state index in [4.69, 9.17) is 14.0 Å². The van der Waals surface area contributed by atoms with Gasteiger partial charge in [-0.3, -0.25) is 9.69 Å². The fourth-order valence-electron chi connectivity index (χ4n) is 4.31. The Balaban J connectivity index is 1.50. The van der Waals surface area contributed by atoms with Crippen LogP contribution in [0.5, 0.6) is 11.5 Å². The number of rotatable bonds is 13. The van der Waals surface area contributed by atoms with Gasteiger partial charge in [0, 0.05) is 25.2 Å². The second-order valence-corrected chi connectivity index (χ2v) is 8.73. The highest BCUT2D eigenvalue weighted by Crippen LogP contribution is 2.31. The molecule has 34 heavy (non-hydrogen) atoms. The molecule has 1 amide bonds. The van der Waals surface area contributed by atoms with E-state index in [2.05, 4.69) is 39.1 Å². The maximum Gasteiger partial charge on any atom is 0.241 e. The standard InChI is InChI=1S/C25H39N5O4/c1-5-7-13-29(6-2)15-12-26-25(31)20-9-8-14-30(17-20)18-23-27-24(28-34-23)19-10-11-21(32-3)22(16-19)33-4/h10-11,16,20H,5-9,12-15,17-18H2,1-4H3,(H,26,31). The lowest BCUT2D eigenvalue weighted by atomic mass is 9.97. The van der Waals surface area contributed by atoms with Gasteiger partial charge in [-0.2, -0.15) is 4.98 Å². The Bertz CT molecular complexity index is 903. The van der Waals surface area contributed by atoms with Crippen LogP contribution in [0.2, 0.25) is 0 Å². The van der Waals surface area contributed by atoms with Crippen LogP contribution >= 0.6 is 0 Å². The summed E-state index contributed by atoms with van der Waals surface area (Å²) < 4.78 is 16.2. The molecule has 9 nitrogen and oxygen atoms in total. The van der Waals surface area contributed by atoms with E-state index in [1.807, 2.05) is 18.2 Å². The minimum Gasteiger partial charge on any atom is -0.493 e. The number of nitrogens with zero attached hydrogens (tertiary/aromatic N) is 4. The number of hydrogen-bond acceptors (Lipinski definition) is 8. The second-order valence-electron chi connectivity index (χ2n) is 8.73. The van der Waals surface area contributed by atoms with Crippen LogP contribution in [-0.4, -0.2) is 79.3 Å². The van der Waals surface area contributed by atoms with Crippen LogP contribution in [0.3, 0.4) is 0 Å². The summed E-state index contributed by atoms with van der Waals surface area (Å²) in [5, 5.41) is 7.27. The number of aromatic nitrogens is 2. The van der Waals surface area contributed by atoms with Gasteiger partial charge in [-0.25, -0.2) is 0 Å². The average Bonchev–Trinajstić information content (AvgIpc) is 3.34. The van der Waals surface area contributed by atoms with E-state index in [0.29, 0.717) is 42.8 Å². The summed E-state index contributed by atoms with van der Waals surface area (Å²) in [5.41, 5.74) is 0.795. The lowest BCUT2D eigenvalue weighted by Crippen LogP contribution is -2.44. The summed E-state index contributed by atoms with van der Waals surface area (Å²) in [5.74, 6) is 2.45. The van der Waals surface area contributed by atoms with E-state index in [-0.39, 0.29) is 11.8 Å². The maximum absolute atomic E-state index is 12.8. The van der Waals surface area contributed by atoms with Crippen molar-refractivity contribution in [2.45, 2.75) is 46.1 Å². The maximum atomic E-state index is 12.8. The van der Waals surface area contributed by atoms with Crippen molar-refractivity contribution in [3.8, 4) is 22.9 Å². The van der Waals surface area contributed by atoms with Crippen LogP contribution in [0, 0.1) is 5.92 Å². The zero-order chi connectivity index (χ0) is 24.3. The largest absolute Gasteiger partial charge is 0.493 e. The van der Waals surface area contributed by atoms with Crippen molar-refractivity contribution in [3.63, 3.8) is 0 Å². The molecular weight excluding hydrogens is 434 g/mol. The van der Waals surface area contributed by atoms with Crippen molar-refractivity contribution in [1.82, 2.24) is 25.3 Å². The number of methoxy groups -OCH3 is 2. The molecule has 1 aromatic carbocycles. The highest BCUT2D eigenvalue weighted by Gasteiger charge is 2.27. The molecule has 1 unspecified atom stereocenters. The predicted octanol–water partition coefficient (Wildman–Crippen LogP) is 3.20. The third-order valence-electron chi connectivity index (χ3n) is 6.35. The molecule has 1 aromatic heterocycles. The normalized spacial score (nSPS) is 16.6. The van der Waals surface area contributed by atoms with Crippen LogP contribution in [0.4, 0.5) is 0 Å². The van der Waals surface area contributed by atoms with Crippen LogP contribution in [0.25, 0.3) is 11.4 Å². The van der Waals surface area contributed by atoms with Gasteiger partial charge in [0.25, 0.3) is 0 Å². The van der Waals surface area contributed by atoms with Crippen molar-refractivity contribution in [3.05, 3.63) is 24.1 Å². The van der Waals surface area contributed by atoms with Gasteiger partial charge in [0.15, 0.2) is 11.5 Å². The molecule has 2 heterocycles. The summed E-state index contributed by atoms with van der Waals surface area (Å²) in [7, 11) is 3.20. The van der Waals surface area contributed by atoms with E-state index < -0.39 is 0 Å². The summed E-state index contributed by atoms with van der Waals surface area (Å²) in [6.45, 7) is 10.2. The topological polar surface area (TPSA) is 93.0 Å². The molecule has 1 fully saturated rings. The Morgan fingerprint density at radius 3 is 2.79 bits per heavy atom. The molecule has 188 valence electrons. The number of unbranched alkanes of at least 4 members (excludes halogenated alkanes) is 1. The lowest BCUT2D eigenvalue weighted by molar-refractivity contribution is -0.126. The predicted molar refractivity (Wildman–Crippen MR) is 131 cm³/mol. The van der Waals surface area contributed by atoms with Crippen molar-refractivity contribution in [2.75, 3.05) is 53.5 Å². The van der Waals surface area contributed by atoms with Gasteiger partial charge in [0.05, 0.1) is 26.7 Å². The summed E-state index contributed by atoms with van der Waals surface area (Å²) in [6, 6.07) is 5.53. The minimum absolute atomic E-state index is 0.00675. The highest BCUT2D eigenvalue weighted by molar-refractivity contribution is 5.78. The number of likely N-dealkylation sites (tertiary alicyclic amines) is 1. The molecule has 2 aromatic rings. The number of carbonyl (C=O) groups excluding carboxylic acids is 1. The first-order valence-electron chi connectivity index (χ1n) is 12.3. The third-order valence-corrected chi connectivity index (χ3v) is 6.35. The van der Waals surface area contributed by atoms with Gasteiger partial charge in [0.1, 0.15) is 0 Å². The zero-order valence-electron chi connectivity index (χ0n) is 21.0. The molecule has 1 N–H and O–H groups in total. The Kier molecular flexibility index (Phi) is 10.2. The second kappa shape index (κ2) is 13.3. The number of ether oxygens (including phenoxy) is 2. The molecule has 9 heteroatoms. The summed E-state index contributed by atoms with van der Waals surface area (Å²) in [6.07, 6.45) is 4.28. The first kappa shape index (κ1) is 26.0. The number of amides is 1. The molecule has 1 atom stereocenters. The van der Waals surface area contributed by atoms with E-state index >= 15 is 0 Å². The van der Waals surface area contributed by atoms with E-state index in [1.54, 1.807) is 14.2 Å². The first-order chi connectivity index (χ1) is 16.6. The van der Waals surface area contributed by atoms with Crippen LogP contribution in [-0.2, 0) is 11.3 Å². The molecular formula is C25H39N5O4. The number of carbonyl (C=O) groups is 1. The Hall–Kier alpha value is -2.65. The Morgan fingerprint density at radius 2 is 2.06 bits per heavy atom. The van der Waals surface area contributed by atoms with Gasteiger partial charge < -0.3 is 24.2 Å². The number of piperidine rings is 1. The summed E-state index contributed by atoms with van der Waals surface area (Å²) in [4.78, 5) is 21.9. The third kappa shape index (κ3) is 7.17. The van der Waals surface area contributed by atoms with Gasteiger partial charge in [-0.15, -0.1) is 0 Å². The fraction of sp³-hybridized carbons (Fsp3) is 0.640.